The van der Waals surface area contributed by atoms with Crippen LogP contribution in [0.3, 0.4) is 0 Å². The van der Waals surface area contributed by atoms with Crippen LogP contribution in [0, 0.1) is 6.92 Å². The molecule has 1 aliphatic heterocycles. The minimum Gasteiger partial charge on any atom is -0.339 e. The van der Waals surface area contributed by atoms with Crippen molar-refractivity contribution in [3.8, 4) is 0 Å². The Morgan fingerprint density at radius 1 is 1.18 bits per heavy atom. The second-order valence-corrected chi connectivity index (χ2v) is 8.57. The highest BCUT2D eigenvalue weighted by Crippen LogP contribution is 2.25. The number of aromatic nitrogens is 2. The van der Waals surface area contributed by atoms with Crippen LogP contribution in [0.4, 0.5) is 0 Å². The van der Waals surface area contributed by atoms with Gasteiger partial charge >= 0.3 is 0 Å². The molecule has 2 heterocycles. The molecule has 1 aromatic heterocycles. The van der Waals surface area contributed by atoms with Gasteiger partial charge in [0.25, 0.3) is 5.91 Å². The van der Waals surface area contributed by atoms with Gasteiger partial charge in [-0.05, 0) is 45.3 Å². The maximum atomic E-state index is 12.6. The van der Waals surface area contributed by atoms with E-state index in [2.05, 4.69) is 14.5 Å². The Kier molecular flexibility index (Phi) is 7.36. The van der Waals surface area contributed by atoms with Crippen molar-refractivity contribution in [2.75, 3.05) is 59.4 Å². The van der Waals surface area contributed by atoms with Crippen LogP contribution in [0.1, 0.15) is 41.6 Å². The van der Waals surface area contributed by atoms with Crippen molar-refractivity contribution in [3.05, 3.63) is 10.6 Å². The van der Waals surface area contributed by atoms with Gasteiger partial charge in [-0.3, -0.25) is 19.4 Å². The molecule has 2 fully saturated rings. The fourth-order valence-electron chi connectivity index (χ4n) is 3.76. The van der Waals surface area contributed by atoms with Crippen LogP contribution < -0.4 is 0 Å². The zero-order valence-corrected chi connectivity index (χ0v) is 18.1. The lowest BCUT2D eigenvalue weighted by Gasteiger charge is -2.43. The topological polar surface area (TPSA) is 72.9 Å². The SMILES string of the molecule is CCN(CCN(C)CC(=O)N1CCN(C2CCC2)CC1)C(=O)c1snnc1C. The summed E-state index contributed by atoms with van der Waals surface area (Å²) in [4.78, 5) is 34.2. The molecule has 2 aliphatic rings. The van der Waals surface area contributed by atoms with E-state index in [1.54, 1.807) is 11.8 Å². The third-order valence-electron chi connectivity index (χ3n) is 5.93. The van der Waals surface area contributed by atoms with E-state index >= 15 is 0 Å². The molecule has 0 bridgehead atoms. The maximum Gasteiger partial charge on any atom is 0.267 e. The number of carbonyl (C=O) groups is 2. The number of rotatable bonds is 8. The average Bonchev–Trinajstić information content (AvgIpc) is 3.07. The first kappa shape index (κ1) is 21.1. The molecule has 9 heteroatoms. The highest BCUT2D eigenvalue weighted by Gasteiger charge is 2.29. The van der Waals surface area contributed by atoms with Gasteiger partial charge in [-0.1, -0.05) is 10.9 Å². The summed E-state index contributed by atoms with van der Waals surface area (Å²) in [7, 11) is 1.94. The highest BCUT2D eigenvalue weighted by molar-refractivity contribution is 7.07. The number of carbonyl (C=O) groups excluding carboxylic acids is 2. The second-order valence-electron chi connectivity index (χ2n) is 7.81. The number of hydrogen-bond donors (Lipinski definition) is 0. The molecular weight excluding hydrogens is 376 g/mol. The van der Waals surface area contributed by atoms with Crippen molar-refractivity contribution in [3.63, 3.8) is 0 Å². The van der Waals surface area contributed by atoms with E-state index in [4.69, 9.17) is 0 Å². The highest BCUT2D eigenvalue weighted by atomic mass is 32.1. The van der Waals surface area contributed by atoms with Crippen molar-refractivity contribution in [1.29, 1.82) is 0 Å². The van der Waals surface area contributed by atoms with Crippen LogP contribution in [0.15, 0.2) is 0 Å². The Hall–Kier alpha value is -1.58. The van der Waals surface area contributed by atoms with Gasteiger partial charge in [0.05, 0.1) is 12.2 Å². The van der Waals surface area contributed by atoms with Crippen LogP contribution in [0.5, 0.6) is 0 Å². The summed E-state index contributed by atoms with van der Waals surface area (Å²) in [5.74, 6) is 0.162. The average molecular weight is 409 g/mol. The number of hydrogen-bond acceptors (Lipinski definition) is 7. The molecule has 0 aromatic carbocycles. The Morgan fingerprint density at radius 2 is 1.89 bits per heavy atom. The number of nitrogens with zero attached hydrogens (tertiary/aromatic N) is 6. The zero-order chi connectivity index (χ0) is 20.1. The fraction of sp³-hybridized carbons (Fsp3) is 0.789. The first-order valence-corrected chi connectivity index (χ1v) is 11.1. The molecule has 0 unspecified atom stereocenters. The second kappa shape index (κ2) is 9.76. The smallest absolute Gasteiger partial charge is 0.267 e. The predicted octanol–water partition coefficient (Wildman–Crippen LogP) is 0.937. The molecule has 2 amide bonds. The normalized spacial score (nSPS) is 18.4. The Bertz CT molecular complexity index is 669. The van der Waals surface area contributed by atoms with Gasteiger partial charge in [0, 0.05) is 51.9 Å². The van der Waals surface area contributed by atoms with Gasteiger partial charge in [-0.15, -0.1) is 5.10 Å². The lowest BCUT2D eigenvalue weighted by molar-refractivity contribution is -0.134. The summed E-state index contributed by atoms with van der Waals surface area (Å²) >= 11 is 1.14. The van der Waals surface area contributed by atoms with E-state index < -0.39 is 0 Å². The summed E-state index contributed by atoms with van der Waals surface area (Å²) in [6, 6.07) is 0.759. The van der Waals surface area contributed by atoms with Crippen LogP contribution >= 0.6 is 11.5 Å². The fourth-order valence-corrected chi connectivity index (χ4v) is 4.39. The minimum atomic E-state index is -0.0261. The van der Waals surface area contributed by atoms with Crippen LogP contribution in [-0.4, -0.2) is 106 Å². The van der Waals surface area contributed by atoms with Crippen molar-refractivity contribution in [1.82, 2.24) is 29.2 Å². The lowest BCUT2D eigenvalue weighted by Crippen LogP contribution is -2.55. The Morgan fingerprint density at radius 3 is 2.43 bits per heavy atom. The third-order valence-corrected chi connectivity index (χ3v) is 6.75. The van der Waals surface area contributed by atoms with Crippen LogP contribution in [0.25, 0.3) is 0 Å². The molecule has 1 saturated heterocycles. The molecule has 1 aromatic rings. The molecule has 0 atom stereocenters. The van der Waals surface area contributed by atoms with E-state index in [-0.39, 0.29) is 11.8 Å². The van der Waals surface area contributed by atoms with Gasteiger partial charge in [-0.2, -0.15) is 0 Å². The molecule has 0 N–H and O–H groups in total. The molecule has 0 radical (unpaired) electrons. The first-order valence-electron chi connectivity index (χ1n) is 10.3. The van der Waals surface area contributed by atoms with E-state index in [1.807, 2.05) is 23.8 Å². The number of amides is 2. The lowest BCUT2D eigenvalue weighted by atomic mass is 9.91. The largest absolute Gasteiger partial charge is 0.339 e. The summed E-state index contributed by atoms with van der Waals surface area (Å²) in [6.07, 6.45) is 3.99. The molecule has 156 valence electrons. The predicted molar refractivity (Wildman–Crippen MR) is 110 cm³/mol. The Labute approximate surface area is 171 Å². The number of likely N-dealkylation sites (N-methyl/N-ethyl adjacent to an activating group) is 2. The summed E-state index contributed by atoms with van der Waals surface area (Å²) in [5.41, 5.74) is 0.679. The van der Waals surface area contributed by atoms with E-state index in [0.717, 1.165) is 43.8 Å². The van der Waals surface area contributed by atoms with Crippen LogP contribution in [0.2, 0.25) is 0 Å². The van der Waals surface area contributed by atoms with E-state index in [0.29, 0.717) is 36.8 Å². The van der Waals surface area contributed by atoms with Gasteiger partial charge in [-0.25, -0.2) is 0 Å². The van der Waals surface area contributed by atoms with Gasteiger partial charge < -0.3 is 9.80 Å². The van der Waals surface area contributed by atoms with Crippen molar-refractivity contribution < 1.29 is 9.59 Å². The number of aryl methyl sites for hydroxylation is 1. The quantitative estimate of drug-likeness (QED) is 0.637. The monoisotopic (exact) mass is 408 g/mol. The molecule has 28 heavy (non-hydrogen) atoms. The van der Waals surface area contributed by atoms with Gasteiger partial charge in [0.15, 0.2) is 0 Å². The minimum absolute atomic E-state index is 0.0261. The Balaban J connectivity index is 1.40. The molecule has 1 aliphatic carbocycles. The maximum absolute atomic E-state index is 12.6. The summed E-state index contributed by atoms with van der Waals surface area (Å²) in [5, 5.41) is 3.92. The van der Waals surface area contributed by atoms with E-state index in [1.165, 1.54) is 19.3 Å². The molecule has 1 saturated carbocycles. The molecule has 0 spiro atoms. The molecule has 3 rings (SSSR count). The first-order chi connectivity index (χ1) is 13.5. The molecule has 8 nitrogen and oxygen atoms in total. The van der Waals surface area contributed by atoms with Gasteiger partial charge in [0.2, 0.25) is 5.91 Å². The van der Waals surface area contributed by atoms with E-state index in [9.17, 15) is 9.59 Å². The van der Waals surface area contributed by atoms with Crippen molar-refractivity contribution >= 4 is 23.3 Å². The number of piperazine rings is 1. The standard InChI is InChI=1S/C19H32N6O2S/c1-4-23(19(27)18-15(2)20-21-28-18)9-8-22(3)14-17(26)25-12-10-24(11-13-25)16-6-5-7-16/h16H,4-14H2,1-3H3. The zero-order valence-electron chi connectivity index (χ0n) is 17.3. The molecular formula is C19H32N6O2S. The van der Waals surface area contributed by atoms with Gasteiger partial charge in [0.1, 0.15) is 4.88 Å². The third kappa shape index (κ3) is 5.07. The summed E-state index contributed by atoms with van der Waals surface area (Å²) < 4.78 is 3.85. The van der Waals surface area contributed by atoms with Crippen molar-refractivity contribution in [2.45, 2.75) is 39.2 Å². The van der Waals surface area contributed by atoms with Crippen LogP contribution in [-0.2, 0) is 4.79 Å². The summed E-state index contributed by atoms with van der Waals surface area (Å²) in [6.45, 7) is 9.72. The van der Waals surface area contributed by atoms with Crippen molar-refractivity contribution in [2.24, 2.45) is 0 Å².